The van der Waals surface area contributed by atoms with Crippen LogP contribution in [0.4, 0.5) is 0 Å². The molecule has 6 nitrogen and oxygen atoms in total. The maximum atomic E-state index is 11.1. The summed E-state index contributed by atoms with van der Waals surface area (Å²) in [5, 5.41) is 7.73. The molecule has 15 heavy (non-hydrogen) atoms. The molecule has 0 unspecified atom stereocenters. The second kappa shape index (κ2) is 5.45. The second-order valence-corrected chi connectivity index (χ2v) is 3.24. The molecule has 0 bridgehead atoms. The lowest BCUT2D eigenvalue weighted by Gasteiger charge is -2.17. The number of carbonyl (C=O) groups is 1. The van der Waals surface area contributed by atoms with Gasteiger partial charge in [0.25, 0.3) is 0 Å². The molecular formula is C9H16N4O2. The fourth-order valence-electron chi connectivity index (χ4n) is 1.18. The highest BCUT2D eigenvalue weighted by molar-refractivity contribution is 5.71. The van der Waals surface area contributed by atoms with Crippen molar-refractivity contribution in [3.05, 3.63) is 12.2 Å². The zero-order chi connectivity index (χ0) is 11.3. The highest BCUT2D eigenvalue weighted by Gasteiger charge is 2.12. The summed E-state index contributed by atoms with van der Waals surface area (Å²) in [7, 11) is 3.26. The van der Waals surface area contributed by atoms with Gasteiger partial charge >= 0.3 is 5.97 Å². The molecule has 1 aromatic rings. The average molecular weight is 212 g/mol. The van der Waals surface area contributed by atoms with Crippen molar-refractivity contribution in [1.29, 1.82) is 0 Å². The number of hydrogen-bond donors (Lipinski definition) is 0. The Hall–Kier alpha value is -1.43. The van der Waals surface area contributed by atoms with Crippen molar-refractivity contribution in [3.8, 4) is 0 Å². The monoisotopic (exact) mass is 212 g/mol. The molecule has 0 aliphatic heterocycles. The molecule has 0 aliphatic carbocycles. The van der Waals surface area contributed by atoms with Gasteiger partial charge < -0.3 is 9.30 Å². The highest BCUT2D eigenvalue weighted by atomic mass is 16.5. The maximum Gasteiger partial charge on any atom is 0.319 e. The van der Waals surface area contributed by atoms with E-state index in [2.05, 4.69) is 14.9 Å². The minimum Gasteiger partial charge on any atom is -0.468 e. The molecule has 0 saturated heterocycles. The normalized spacial score (nSPS) is 10.7. The predicted octanol–water partition coefficient (Wildman–Crippen LogP) is -0.190. The van der Waals surface area contributed by atoms with Crippen molar-refractivity contribution in [3.63, 3.8) is 0 Å². The van der Waals surface area contributed by atoms with Crippen molar-refractivity contribution >= 4 is 5.97 Å². The molecule has 1 aromatic heterocycles. The van der Waals surface area contributed by atoms with E-state index >= 15 is 0 Å². The number of carbonyl (C=O) groups excluding carboxylic acids is 1. The summed E-state index contributed by atoms with van der Waals surface area (Å²) in [6, 6.07) is 0. The van der Waals surface area contributed by atoms with E-state index in [-0.39, 0.29) is 12.5 Å². The third-order valence-electron chi connectivity index (χ3n) is 2.20. The van der Waals surface area contributed by atoms with E-state index in [9.17, 15) is 4.79 Å². The Morgan fingerprint density at radius 1 is 1.67 bits per heavy atom. The van der Waals surface area contributed by atoms with Gasteiger partial charge in [0.15, 0.2) is 0 Å². The lowest BCUT2D eigenvalue weighted by molar-refractivity contribution is -0.142. The molecular weight excluding hydrogens is 196 g/mol. The largest absolute Gasteiger partial charge is 0.468 e. The number of esters is 1. The lowest BCUT2D eigenvalue weighted by Crippen LogP contribution is -2.30. The number of methoxy groups -OCH3 is 1. The van der Waals surface area contributed by atoms with Crippen LogP contribution in [-0.4, -0.2) is 45.8 Å². The van der Waals surface area contributed by atoms with E-state index in [1.54, 1.807) is 6.33 Å². The molecule has 0 spiro atoms. The fourth-order valence-corrected chi connectivity index (χ4v) is 1.18. The van der Waals surface area contributed by atoms with Crippen LogP contribution in [0.25, 0.3) is 0 Å². The Morgan fingerprint density at radius 2 is 2.40 bits per heavy atom. The van der Waals surface area contributed by atoms with Crippen LogP contribution < -0.4 is 0 Å². The third-order valence-corrected chi connectivity index (χ3v) is 2.20. The van der Waals surface area contributed by atoms with Crippen molar-refractivity contribution in [2.24, 2.45) is 7.05 Å². The molecule has 1 heterocycles. The number of aromatic nitrogens is 3. The van der Waals surface area contributed by atoms with Gasteiger partial charge in [-0.25, -0.2) is 0 Å². The first-order valence-electron chi connectivity index (χ1n) is 4.79. The smallest absolute Gasteiger partial charge is 0.319 e. The number of hydrogen-bond acceptors (Lipinski definition) is 5. The number of aryl methyl sites for hydroxylation is 1. The SMILES string of the molecule is CCN(CC(=O)OC)Cc1nncn1C. The van der Waals surface area contributed by atoms with Crippen LogP contribution >= 0.6 is 0 Å². The fraction of sp³-hybridized carbons (Fsp3) is 0.667. The topological polar surface area (TPSA) is 60.3 Å². The Kier molecular flexibility index (Phi) is 4.23. The van der Waals surface area contributed by atoms with Gasteiger partial charge in [0.2, 0.25) is 0 Å². The zero-order valence-corrected chi connectivity index (χ0v) is 9.30. The zero-order valence-electron chi connectivity index (χ0n) is 9.30. The molecule has 0 atom stereocenters. The van der Waals surface area contributed by atoms with E-state index in [1.807, 2.05) is 23.4 Å². The molecule has 84 valence electrons. The molecule has 0 fully saturated rings. The number of likely N-dealkylation sites (N-methyl/N-ethyl adjacent to an activating group) is 1. The van der Waals surface area contributed by atoms with Crippen LogP contribution in [0.2, 0.25) is 0 Å². The molecule has 0 radical (unpaired) electrons. The van der Waals surface area contributed by atoms with Crippen LogP contribution in [0, 0.1) is 0 Å². The summed E-state index contributed by atoms with van der Waals surface area (Å²) in [5.41, 5.74) is 0. The molecule has 0 saturated carbocycles. The van der Waals surface area contributed by atoms with Crippen LogP contribution in [0.15, 0.2) is 6.33 Å². The molecule has 0 aromatic carbocycles. The number of rotatable bonds is 5. The van der Waals surface area contributed by atoms with E-state index in [0.29, 0.717) is 6.54 Å². The van der Waals surface area contributed by atoms with Crippen molar-refractivity contribution in [2.45, 2.75) is 13.5 Å². The van der Waals surface area contributed by atoms with Gasteiger partial charge in [-0.3, -0.25) is 9.69 Å². The van der Waals surface area contributed by atoms with Gasteiger partial charge in [-0.05, 0) is 6.54 Å². The summed E-state index contributed by atoms with van der Waals surface area (Å²) in [5.74, 6) is 0.597. The summed E-state index contributed by atoms with van der Waals surface area (Å²) < 4.78 is 6.44. The Balaban J connectivity index is 2.54. The van der Waals surface area contributed by atoms with Gasteiger partial charge in [-0.1, -0.05) is 6.92 Å². The Labute approximate surface area is 88.8 Å². The summed E-state index contributed by atoms with van der Waals surface area (Å²) in [6.07, 6.45) is 1.64. The van der Waals surface area contributed by atoms with Crippen molar-refractivity contribution in [1.82, 2.24) is 19.7 Å². The van der Waals surface area contributed by atoms with Gasteiger partial charge in [0, 0.05) is 7.05 Å². The quantitative estimate of drug-likeness (QED) is 0.633. The van der Waals surface area contributed by atoms with Gasteiger partial charge in [-0.2, -0.15) is 0 Å². The first-order chi connectivity index (χ1) is 7.17. The minimum atomic E-state index is -0.237. The molecule has 0 amide bonds. The van der Waals surface area contributed by atoms with Crippen molar-refractivity contribution < 1.29 is 9.53 Å². The van der Waals surface area contributed by atoms with E-state index in [0.717, 1.165) is 12.4 Å². The van der Waals surface area contributed by atoms with Gasteiger partial charge in [-0.15, -0.1) is 10.2 Å². The van der Waals surface area contributed by atoms with E-state index in [4.69, 9.17) is 0 Å². The molecule has 1 rings (SSSR count). The van der Waals surface area contributed by atoms with Gasteiger partial charge in [0.1, 0.15) is 12.2 Å². The standard InChI is InChI=1S/C9H16N4O2/c1-4-13(6-9(14)15-3)5-8-11-10-7-12(8)2/h7H,4-6H2,1-3H3. The first-order valence-corrected chi connectivity index (χ1v) is 4.79. The van der Waals surface area contributed by atoms with Gasteiger partial charge in [0.05, 0.1) is 20.2 Å². The average Bonchev–Trinajstić information content (AvgIpc) is 2.63. The number of nitrogens with zero attached hydrogens (tertiary/aromatic N) is 4. The molecule has 0 aliphatic rings. The highest BCUT2D eigenvalue weighted by Crippen LogP contribution is 1.99. The summed E-state index contributed by atoms with van der Waals surface area (Å²) in [6.45, 7) is 3.63. The predicted molar refractivity (Wildman–Crippen MR) is 54.0 cm³/mol. The minimum absolute atomic E-state index is 0.237. The van der Waals surface area contributed by atoms with E-state index < -0.39 is 0 Å². The summed E-state index contributed by atoms with van der Waals surface area (Å²) in [4.78, 5) is 13.0. The summed E-state index contributed by atoms with van der Waals surface area (Å²) >= 11 is 0. The van der Waals surface area contributed by atoms with Crippen LogP contribution in [0.3, 0.4) is 0 Å². The molecule has 6 heteroatoms. The Morgan fingerprint density at radius 3 is 2.87 bits per heavy atom. The second-order valence-electron chi connectivity index (χ2n) is 3.24. The van der Waals surface area contributed by atoms with Crippen molar-refractivity contribution in [2.75, 3.05) is 20.2 Å². The van der Waals surface area contributed by atoms with Crippen LogP contribution in [0.1, 0.15) is 12.7 Å². The third kappa shape index (κ3) is 3.32. The maximum absolute atomic E-state index is 11.1. The number of ether oxygens (including phenoxy) is 1. The van der Waals surface area contributed by atoms with E-state index in [1.165, 1.54) is 7.11 Å². The first kappa shape index (κ1) is 11.6. The van der Waals surface area contributed by atoms with Crippen LogP contribution in [0.5, 0.6) is 0 Å². The van der Waals surface area contributed by atoms with Crippen LogP contribution in [-0.2, 0) is 23.1 Å². The Bertz CT molecular complexity index is 324. The molecule has 0 N–H and O–H groups in total. The lowest BCUT2D eigenvalue weighted by atomic mass is 10.4.